The topological polar surface area (TPSA) is 68.2 Å². The van der Waals surface area contributed by atoms with Gasteiger partial charge >= 0.3 is 0 Å². The number of halogens is 4. The summed E-state index contributed by atoms with van der Waals surface area (Å²) in [6, 6.07) is 6.08. The second-order valence-electron chi connectivity index (χ2n) is 5.84. The van der Waals surface area contributed by atoms with Crippen LogP contribution in [0.25, 0.3) is 10.9 Å². The standard InChI is InChI=1S/C17H12BrClF2N2O3S/c1-9(24)7-23-8-17(11-3-2-10(19)4-16(11)23)27(25,26)22-15-6-13(20)12(18)5-14(15)21/h2-6,8,22H,7H2,1H3. The van der Waals surface area contributed by atoms with Gasteiger partial charge in [0.05, 0.1) is 22.2 Å². The van der Waals surface area contributed by atoms with Gasteiger partial charge in [-0.2, -0.15) is 0 Å². The third-order valence-electron chi connectivity index (χ3n) is 3.74. The molecule has 0 aliphatic rings. The fourth-order valence-electron chi connectivity index (χ4n) is 2.62. The number of benzene rings is 2. The van der Waals surface area contributed by atoms with Gasteiger partial charge in [-0.1, -0.05) is 11.6 Å². The van der Waals surface area contributed by atoms with Gasteiger partial charge in [0.1, 0.15) is 22.3 Å². The molecule has 27 heavy (non-hydrogen) atoms. The van der Waals surface area contributed by atoms with Gasteiger partial charge < -0.3 is 4.57 Å². The predicted molar refractivity (Wildman–Crippen MR) is 102 cm³/mol. The van der Waals surface area contributed by atoms with Crippen molar-refractivity contribution in [3.8, 4) is 0 Å². The van der Waals surface area contributed by atoms with Gasteiger partial charge in [0.25, 0.3) is 10.0 Å². The van der Waals surface area contributed by atoms with Crippen LogP contribution in [0.3, 0.4) is 0 Å². The van der Waals surface area contributed by atoms with E-state index in [1.54, 1.807) is 0 Å². The number of hydrogen-bond acceptors (Lipinski definition) is 3. The van der Waals surface area contributed by atoms with E-state index in [9.17, 15) is 22.0 Å². The van der Waals surface area contributed by atoms with Crippen molar-refractivity contribution in [3.63, 3.8) is 0 Å². The van der Waals surface area contributed by atoms with Gasteiger partial charge in [0.15, 0.2) is 0 Å². The van der Waals surface area contributed by atoms with Crippen LogP contribution in [0.5, 0.6) is 0 Å². The lowest BCUT2D eigenvalue weighted by molar-refractivity contribution is -0.117. The maximum Gasteiger partial charge on any atom is 0.264 e. The van der Waals surface area contributed by atoms with Crippen LogP contribution >= 0.6 is 27.5 Å². The van der Waals surface area contributed by atoms with E-state index >= 15 is 0 Å². The summed E-state index contributed by atoms with van der Waals surface area (Å²) < 4.78 is 56.7. The molecule has 0 aliphatic heterocycles. The molecule has 0 bridgehead atoms. The lowest BCUT2D eigenvalue weighted by Gasteiger charge is -2.09. The fraction of sp³-hybridized carbons (Fsp3) is 0.118. The third-order valence-corrected chi connectivity index (χ3v) is 5.98. The van der Waals surface area contributed by atoms with E-state index in [1.807, 2.05) is 4.72 Å². The van der Waals surface area contributed by atoms with E-state index in [-0.39, 0.29) is 21.7 Å². The van der Waals surface area contributed by atoms with E-state index in [1.165, 1.54) is 35.9 Å². The first-order valence-electron chi connectivity index (χ1n) is 7.53. The zero-order chi connectivity index (χ0) is 19.9. The van der Waals surface area contributed by atoms with Crippen molar-refractivity contribution in [1.29, 1.82) is 0 Å². The van der Waals surface area contributed by atoms with E-state index in [0.29, 0.717) is 15.9 Å². The highest BCUT2D eigenvalue weighted by molar-refractivity contribution is 9.10. The highest BCUT2D eigenvalue weighted by Crippen LogP contribution is 2.31. The molecule has 0 aliphatic carbocycles. The van der Waals surface area contributed by atoms with Crippen LogP contribution in [0.4, 0.5) is 14.5 Å². The third kappa shape index (κ3) is 3.99. The molecular formula is C17H12BrClF2N2O3S. The molecule has 1 N–H and O–H groups in total. The highest BCUT2D eigenvalue weighted by Gasteiger charge is 2.23. The maximum atomic E-state index is 14.0. The molecule has 1 aromatic heterocycles. The number of nitrogens with zero attached hydrogens (tertiary/aromatic N) is 1. The molecular weight excluding hydrogens is 466 g/mol. The predicted octanol–water partition coefficient (Wildman–Crippen LogP) is 4.73. The van der Waals surface area contributed by atoms with Gasteiger partial charge in [0.2, 0.25) is 0 Å². The number of Topliss-reactive ketones (excluding diaryl/α,β-unsaturated/α-hetero) is 1. The molecule has 2 aromatic carbocycles. The first-order valence-corrected chi connectivity index (χ1v) is 10.2. The van der Waals surface area contributed by atoms with Crippen LogP contribution in [0.2, 0.25) is 5.02 Å². The highest BCUT2D eigenvalue weighted by atomic mass is 79.9. The minimum Gasteiger partial charge on any atom is -0.339 e. The molecule has 0 saturated carbocycles. The normalized spacial score (nSPS) is 11.7. The molecule has 1 heterocycles. The Labute approximate surface area is 167 Å². The Morgan fingerprint density at radius 2 is 1.93 bits per heavy atom. The summed E-state index contributed by atoms with van der Waals surface area (Å²) in [7, 11) is -4.27. The first-order chi connectivity index (χ1) is 12.6. The van der Waals surface area contributed by atoms with Crippen LogP contribution < -0.4 is 4.72 Å². The Morgan fingerprint density at radius 3 is 2.59 bits per heavy atom. The van der Waals surface area contributed by atoms with Gasteiger partial charge in [-0.15, -0.1) is 0 Å². The second-order valence-corrected chi connectivity index (χ2v) is 8.78. The Morgan fingerprint density at radius 1 is 1.22 bits per heavy atom. The molecule has 0 saturated heterocycles. The minimum absolute atomic E-state index is 0.0619. The summed E-state index contributed by atoms with van der Waals surface area (Å²) in [6.07, 6.45) is 1.26. The summed E-state index contributed by atoms with van der Waals surface area (Å²) in [4.78, 5) is 11.3. The number of ketones is 1. The lowest BCUT2D eigenvalue weighted by Crippen LogP contribution is -2.14. The van der Waals surface area contributed by atoms with E-state index in [0.717, 1.165) is 12.1 Å². The molecule has 0 atom stereocenters. The van der Waals surface area contributed by atoms with Crippen molar-refractivity contribution >= 4 is 59.9 Å². The average Bonchev–Trinajstić information content (AvgIpc) is 2.90. The SMILES string of the molecule is CC(=O)Cn1cc(S(=O)(=O)Nc2cc(F)c(Br)cc2F)c2ccc(Cl)cc21. The molecule has 142 valence electrons. The summed E-state index contributed by atoms with van der Waals surface area (Å²) in [5, 5.41) is 0.662. The van der Waals surface area contributed by atoms with E-state index in [2.05, 4.69) is 15.9 Å². The van der Waals surface area contributed by atoms with Crippen molar-refractivity contribution < 1.29 is 22.0 Å². The fourth-order valence-corrected chi connectivity index (χ4v) is 4.38. The Hall–Kier alpha value is -1.97. The summed E-state index contributed by atoms with van der Waals surface area (Å²) in [5.74, 6) is -1.95. The first kappa shape index (κ1) is 19.8. The van der Waals surface area contributed by atoms with Crippen LogP contribution in [0.1, 0.15) is 6.92 Å². The van der Waals surface area contributed by atoms with Crippen molar-refractivity contribution in [3.05, 3.63) is 57.7 Å². The number of sulfonamides is 1. The molecule has 3 rings (SSSR count). The zero-order valence-electron chi connectivity index (χ0n) is 13.8. The molecule has 10 heteroatoms. The minimum atomic E-state index is -4.27. The Balaban J connectivity index is 2.13. The average molecular weight is 478 g/mol. The number of anilines is 1. The lowest BCUT2D eigenvalue weighted by atomic mass is 10.2. The van der Waals surface area contributed by atoms with E-state index in [4.69, 9.17) is 11.6 Å². The largest absolute Gasteiger partial charge is 0.339 e. The second kappa shape index (κ2) is 7.21. The number of rotatable bonds is 5. The number of carbonyl (C=O) groups excluding carboxylic acids is 1. The van der Waals surface area contributed by atoms with Crippen molar-refractivity contribution in [2.45, 2.75) is 18.4 Å². The molecule has 0 fully saturated rings. The van der Waals surface area contributed by atoms with Gasteiger partial charge in [-0.05, 0) is 47.1 Å². The van der Waals surface area contributed by atoms with E-state index < -0.39 is 27.3 Å². The van der Waals surface area contributed by atoms with Crippen LogP contribution in [0.15, 0.2) is 45.9 Å². The Kier molecular flexibility index (Phi) is 5.29. The van der Waals surface area contributed by atoms with Crippen molar-refractivity contribution in [1.82, 2.24) is 4.57 Å². The number of carbonyl (C=O) groups is 1. The number of hydrogen-bond donors (Lipinski definition) is 1. The summed E-state index contributed by atoms with van der Waals surface area (Å²) in [6.45, 7) is 1.30. The number of fused-ring (bicyclic) bond motifs is 1. The quantitative estimate of drug-likeness (QED) is 0.541. The molecule has 0 spiro atoms. The summed E-state index contributed by atoms with van der Waals surface area (Å²) >= 11 is 8.80. The van der Waals surface area contributed by atoms with Gasteiger partial charge in [0, 0.05) is 22.7 Å². The van der Waals surface area contributed by atoms with Crippen molar-refractivity contribution in [2.24, 2.45) is 0 Å². The molecule has 5 nitrogen and oxygen atoms in total. The van der Waals surface area contributed by atoms with Crippen LogP contribution in [0, 0.1) is 11.6 Å². The van der Waals surface area contributed by atoms with Gasteiger partial charge in [-0.25, -0.2) is 17.2 Å². The zero-order valence-corrected chi connectivity index (χ0v) is 16.9. The molecule has 0 amide bonds. The smallest absolute Gasteiger partial charge is 0.264 e. The van der Waals surface area contributed by atoms with Crippen LogP contribution in [-0.2, 0) is 21.4 Å². The summed E-state index contributed by atoms with van der Waals surface area (Å²) in [5.41, 5.74) is -0.0994. The van der Waals surface area contributed by atoms with Crippen LogP contribution in [-0.4, -0.2) is 18.8 Å². The number of aromatic nitrogens is 1. The monoisotopic (exact) mass is 476 g/mol. The molecule has 3 aromatic rings. The molecule has 0 radical (unpaired) electrons. The Bertz CT molecular complexity index is 1180. The van der Waals surface area contributed by atoms with Gasteiger partial charge in [-0.3, -0.25) is 9.52 Å². The molecule has 0 unspecified atom stereocenters. The van der Waals surface area contributed by atoms with Crippen molar-refractivity contribution in [2.75, 3.05) is 4.72 Å². The maximum absolute atomic E-state index is 14.0. The number of nitrogens with one attached hydrogen (secondary N) is 1.